The van der Waals surface area contributed by atoms with Crippen molar-refractivity contribution in [1.29, 1.82) is 0 Å². The lowest BCUT2D eigenvalue weighted by molar-refractivity contribution is -0.143. The van der Waals surface area contributed by atoms with Gasteiger partial charge < -0.3 is 20.3 Å². The number of hydrogen-bond acceptors (Lipinski definition) is 5. The quantitative estimate of drug-likeness (QED) is 0.0417. The van der Waals surface area contributed by atoms with Gasteiger partial charge in [-0.15, -0.1) is 0 Å². The Morgan fingerprint density at radius 1 is 0.270 bits per heavy atom. The molecule has 0 bridgehead atoms. The van der Waals surface area contributed by atoms with Gasteiger partial charge >= 0.3 is 5.97 Å². The van der Waals surface area contributed by atoms with Gasteiger partial charge in [-0.2, -0.15) is 0 Å². The summed E-state index contributed by atoms with van der Waals surface area (Å²) >= 11 is 0. The molecule has 0 fully saturated rings. The van der Waals surface area contributed by atoms with E-state index in [-0.39, 0.29) is 18.5 Å². The summed E-state index contributed by atoms with van der Waals surface area (Å²) in [7, 11) is 0. The first-order chi connectivity index (χ1) is 44.0. The van der Waals surface area contributed by atoms with Crippen molar-refractivity contribution in [1.82, 2.24) is 5.32 Å². The van der Waals surface area contributed by atoms with Crippen molar-refractivity contribution in [3.8, 4) is 0 Å². The van der Waals surface area contributed by atoms with Crippen molar-refractivity contribution in [3.05, 3.63) is 0 Å². The van der Waals surface area contributed by atoms with E-state index in [9.17, 15) is 19.8 Å². The third-order valence-electron chi connectivity index (χ3n) is 20.2. The van der Waals surface area contributed by atoms with E-state index < -0.39 is 12.1 Å². The topological polar surface area (TPSA) is 95.9 Å². The van der Waals surface area contributed by atoms with Gasteiger partial charge in [0.15, 0.2) is 0 Å². The number of ether oxygens (including phenoxy) is 1. The van der Waals surface area contributed by atoms with Gasteiger partial charge in [-0.3, -0.25) is 9.59 Å². The average molecular weight is 1260 g/mol. The van der Waals surface area contributed by atoms with Crippen molar-refractivity contribution in [3.63, 3.8) is 0 Å². The Hall–Kier alpha value is -1.14. The van der Waals surface area contributed by atoms with E-state index >= 15 is 0 Å². The number of esters is 1. The van der Waals surface area contributed by atoms with Crippen LogP contribution in [0.2, 0.25) is 0 Å². The molecule has 0 aliphatic heterocycles. The summed E-state index contributed by atoms with van der Waals surface area (Å²) in [6.07, 6.45) is 99.3. The summed E-state index contributed by atoms with van der Waals surface area (Å²) in [5, 5.41) is 23.5. The van der Waals surface area contributed by atoms with Crippen LogP contribution in [0.3, 0.4) is 0 Å². The fourth-order valence-electron chi connectivity index (χ4n) is 13.8. The van der Waals surface area contributed by atoms with E-state index in [0.29, 0.717) is 25.9 Å². The van der Waals surface area contributed by atoms with Gasteiger partial charge in [-0.05, 0) is 25.7 Å². The minimum Gasteiger partial charge on any atom is -0.466 e. The Kier molecular flexibility index (Phi) is 78.3. The molecule has 0 saturated carbocycles. The molecule has 1 amide bonds. The fraction of sp³-hybridized carbons (Fsp3) is 0.976. The van der Waals surface area contributed by atoms with Crippen LogP contribution in [0.25, 0.3) is 0 Å². The minimum absolute atomic E-state index is 0.0243. The molecule has 0 aliphatic carbocycles. The standard InChI is InChI=1S/C83H165NO5/c1-3-5-7-9-11-13-15-17-19-21-23-24-33-36-40-43-47-51-55-59-63-67-71-75-81(86)80(79-85)84-82(87)76-72-68-64-60-56-52-48-44-41-37-34-31-29-27-25-26-28-30-32-35-38-42-46-50-54-58-62-66-70-74-78-89-83(88)77-73-69-65-61-57-53-49-45-39-22-20-18-16-14-12-10-8-6-4-2/h80-81,85-86H,3-79H2,1-2H3,(H,84,87). The molecule has 6 heteroatoms. The molecule has 0 aromatic heterocycles. The van der Waals surface area contributed by atoms with E-state index in [1.807, 2.05) is 0 Å². The molecule has 0 spiro atoms. The van der Waals surface area contributed by atoms with Crippen LogP contribution in [-0.4, -0.2) is 47.4 Å². The highest BCUT2D eigenvalue weighted by atomic mass is 16.5. The highest BCUT2D eigenvalue weighted by molar-refractivity contribution is 5.76. The summed E-state index contributed by atoms with van der Waals surface area (Å²) < 4.78 is 5.53. The Balaban J connectivity index is 3.31. The number of hydrogen-bond donors (Lipinski definition) is 3. The molecule has 89 heavy (non-hydrogen) atoms. The third kappa shape index (κ3) is 75.8. The lowest BCUT2D eigenvalue weighted by atomic mass is 10.0. The van der Waals surface area contributed by atoms with Crippen LogP contribution in [0.1, 0.15) is 495 Å². The maximum absolute atomic E-state index is 12.6. The van der Waals surface area contributed by atoms with E-state index in [1.165, 1.54) is 424 Å². The normalized spacial score (nSPS) is 12.4. The molecule has 0 aromatic carbocycles. The van der Waals surface area contributed by atoms with Crippen molar-refractivity contribution in [2.24, 2.45) is 0 Å². The average Bonchev–Trinajstić information content (AvgIpc) is 3.57. The monoisotopic (exact) mass is 1260 g/mol. The van der Waals surface area contributed by atoms with Crippen LogP contribution in [0.4, 0.5) is 0 Å². The van der Waals surface area contributed by atoms with Crippen LogP contribution in [-0.2, 0) is 14.3 Å². The van der Waals surface area contributed by atoms with E-state index in [2.05, 4.69) is 19.2 Å². The molecule has 3 N–H and O–H groups in total. The molecule has 2 unspecified atom stereocenters. The second-order valence-electron chi connectivity index (χ2n) is 29.2. The summed E-state index contributed by atoms with van der Waals surface area (Å²) in [5.74, 6) is 0.00242. The SMILES string of the molecule is CCCCCCCCCCCCCCCCCCCCCCCCCC(O)C(CO)NC(=O)CCCCCCCCCCCCCCCCCCCCCCCCCCCCCCCCOC(=O)CCCCCCCCCCCCCCCCCCCCC. The van der Waals surface area contributed by atoms with E-state index in [4.69, 9.17) is 4.74 Å². The zero-order valence-corrected chi connectivity index (χ0v) is 61.2. The molecule has 0 heterocycles. The number of rotatable bonds is 80. The summed E-state index contributed by atoms with van der Waals surface area (Å²) in [6, 6.07) is -0.539. The highest BCUT2D eigenvalue weighted by Crippen LogP contribution is 2.21. The summed E-state index contributed by atoms with van der Waals surface area (Å²) in [5.41, 5.74) is 0. The second-order valence-corrected chi connectivity index (χ2v) is 29.2. The van der Waals surface area contributed by atoms with Gasteiger partial charge in [-0.25, -0.2) is 0 Å². The molecule has 2 atom stereocenters. The first-order valence-corrected chi connectivity index (χ1v) is 41.8. The lowest BCUT2D eigenvalue weighted by Crippen LogP contribution is -2.45. The van der Waals surface area contributed by atoms with E-state index in [0.717, 1.165) is 38.5 Å². The number of carbonyl (C=O) groups excluding carboxylic acids is 2. The van der Waals surface area contributed by atoms with Crippen molar-refractivity contribution < 1.29 is 24.5 Å². The van der Waals surface area contributed by atoms with Crippen LogP contribution >= 0.6 is 0 Å². The number of carbonyl (C=O) groups is 2. The predicted octanol–water partition coefficient (Wildman–Crippen LogP) is 27.7. The first-order valence-electron chi connectivity index (χ1n) is 41.8. The summed E-state index contributed by atoms with van der Waals surface area (Å²) in [6.45, 7) is 5.03. The maximum atomic E-state index is 12.6. The molecule has 0 saturated heterocycles. The van der Waals surface area contributed by atoms with Crippen LogP contribution < -0.4 is 5.32 Å². The number of aliphatic hydroxyl groups is 2. The minimum atomic E-state index is -0.662. The Bertz CT molecular complexity index is 1310. The third-order valence-corrected chi connectivity index (χ3v) is 20.2. The van der Waals surface area contributed by atoms with Gasteiger partial charge in [0.2, 0.25) is 5.91 Å². The smallest absolute Gasteiger partial charge is 0.305 e. The molecular weight excluding hydrogens is 1090 g/mol. The largest absolute Gasteiger partial charge is 0.466 e. The number of unbranched alkanes of at least 4 members (excludes halogenated alkanes) is 69. The molecule has 532 valence electrons. The van der Waals surface area contributed by atoms with Crippen molar-refractivity contribution >= 4 is 11.9 Å². The Morgan fingerprint density at radius 2 is 0.461 bits per heavy atom. The van der Waals surface area contributed by atoms with Crippen molar-refractivity contribution in [2.75, 3.05) is 13.2 Å². The Labute approximate surface area is 559 Å². The molecular formula is C83H165NO5. The zero-order chi connectivity index (χ0) is 64.2. The van der Waals surface area contributed by atoms with Crippen molar-refractivity contribution in [2.45, 2.75) is 508 Å². The summed E-state index contributed by atoms with van der Waals surface area (Å²) in [4.78, 5) is 24.7. The predicted molar refractivity (Wildman–Crippen MR) is 394 cm³/mol. The second kappa shape index (κ2) is 79.3. The van der Waals surface area contributed by atoms with Gasteiger partial charge in [0.1, 0.15) is 0 Å². The molecule has 6 nitrogen and oxygen atoms in total. The van der Waals surface area contributed by atoms with Gasteiger partial charge in [0.25, 0.3) is 0 Å². The van der Waals surface area contributed by atoms with Crippen LogP contribution in [0.15, 0.2) is 0 Å². The number of aliphatic hydroxyl groups excluding tert-OH is 2. The molecule has 0 radical (unpaired) electrons. The lowest BCUT2D eigenvalue weighted by Gasteiger charge is -2.22. The highest BCUT2D eigenvalue weighted by Gasteiger charge is 2.20. The molecule has 0 rings (SSSR count). The number of nitrogens with one attached hydrogen (secondary N) is 1. The zero-order valence-electron chi connectivity index (χ0n) is 61.2. The van der Waals surface area contributed by atoms with Gasteiger partial charge in [0.05, 0.1) is 25.4 Å². The Morgan fingerprint density at radius 3 is 0.685 bits per heavy atom. The molecule has 0 aliphatic rings. The first kappa shape index (κ1) is 87.9. The van der Waals surface area contributed by atoms with Gasteiger partial charge in [-0.1, -0.05) is 457 Å². The molecule has 0 aromatic rings. The van der Waals surface area contributed by atoms with Gasteiger partial charge in [0, 0.05) is 12.8 Å². The van der Waals surface area contributed by atoms with E-state index in [1.54, 1.807) is 0 Å². The number of amides is 1. The maximum Gasteiger partial charge on any atom is 0.305 e. The van der Waals surface area contributed by atoms with Crippen LogP contribution in [0.5, 0.6) is 0 Å². The fourth-order valence-corrected chi connectivity index (χ4v) is 13.8. The van der Waals surface area contributed by atoms with Crippen LogP contribution in [0, 0.1) is 0 Å².